The maximum Gasteiger partial charge on any atom is 0.323 e. The third-order valence-corrected chi connectivity index (χ3v) is 3.38. The summed E-state index contributed by atoms with van der Waals surface area (Å²) in [7, 11) is 1.38. The molecule has 2 N–H and O–H groups in total. The Labute approximate surface area is 94.0 Å². The van der Waals surface area contributed by atoms with E-state index >= 15 is 0 Å². The molecule has 1 rings (SSSR count). The van der Waals surface area contributed by atoms with Crippen molar-refractivity contribution in [2.45, 2.75) is 16.6 Å². The van der Waals surface area contributed by atoms with Crippen molar-refractivity contribution in [3.63, 3.8) is 0 Å². The van der Waals surface area contributed by atoms with Crippen molar-refractivity contribution in [2.75, 3.05) is 13.7 Å². The largest absolute Gasteiger partial charge is 0.468 e. The van der Waals surface area contributed by atoms with E-state index in [0.29, 0.717) is 0 Å². The standard InChI is InChI=1S/C11H15NO2S/c1-11(8-12,10(13)14-2)15-9-6-4-3-5-7-9/h3-7H,8,12H2,1-2H3. The van der Waals surface area contributed by atoms with Gasteiger partial charge in [0.05, 0.1) is 7.11 Å². The van der Waals surface area contributed by atoms with Crippen molar-refractivity contribution in [2.24, 2.45) is 5.73 Å². The molecule has 0 radical (unpaired) electrons. The van der Waals surface area contributed by atoms with Crippen LogP contribution >= 0.6 is 11.8 Å². The van der Waals surface area contributed by atoms with Crippen LogP contribution in [0.5, 0.6) is 0 Å². The molecule has 0 aliphatic heterocycles. The Hall–Kier alpha value is -1.00. The molecule has 3 nitrogen and oxygen atoms in total. The first-order chi connectivity index (χ1) is 7.12. The van der Waals surface area contributed by atoms with Gasteiger partial charge >= 0.3 is 5.97 Å². The van der Waals surface area contributed by atoms with Crippen molar-refractivity contribution >= 4 is 17.7 Å². The third kappa shape index (κ3) is 2.97. The molecule has 1 atom stereocenters. The minimum absolute atomic E-state index is 0.249. The van der Waals surface area contributed by atoms with Gasteiger partial charge in [0.1, 0.15) is 4.75 Å². The van der Waals surface area contributed by atoms with Crippen molar-refractivity contribution in [3.8, 4) is 0 Å². The Morgan fingerprint density at radius 2 is 2.07 bits per heavy atom. The first-order valence-electron chi connectivity index (χ1n) is 4.65. The number of rotatable bonds is 4. The van der Waals surface area contributed by atoms with Gasteiger partial charge in [-0.2, -0.15) is 0 Å². The zero-order chi connectivity index (χ0) is 11.3. The lowest BCUT2D eigenvalue weighted by Gasteiger charge is -2.23. The van der Waals surface area contributed by atoms with E-state index in [-0.39, 0.29) is 12.5 Å². The third-order valence-electron chi connectivity index (χ3n) is 2.09. The smallest absolute Gasteiger partial charge is 0.323 e. The molecule has 4 heteroatoms. The number of carbonyl (C=O) groups is 1. The molecule has 0 aromatic heterocycles. The number of esters is 1. The second-order valence-corrected chi connectivity index (χ2v) is 4.92. The lowest BCUT2D eigenvalue weighted by molar-refractivity contribution is -0.142. The van der Waals surface area contributed by atoms with Crippen molar-refractivity contribution in [1.29, 1.82) is 0 Å². The SMILES string of the molecule is COC(=O)C(C)(CN)Sc1ccccc1. The summed E-state index contributed by atoms with van der Waals surface area (Å²) in [5.74, 6) is -0.293. The van der Waals surface area contributed by atoms with E-state index in [2.05, 4.69) is 0 Å². The summed E-state index contributed by atoms with van der Waals surface area (Å²) >= 11 is 1.42. The highest BCUT2D eigenvalue weighted by Gasteiger charge is 2.34. The van der Waals surface area contributed by atoms with Gasteiger partial charge in [-0.1, -0.05) is 18.2 Å². The predicted octanol–water partition coefficient (Wildman–Crippen LogP) is 1.67. The van der Waals surface area contributed by atoms with Gasteiger partial charge in [-0.3, -0.25) is 4.79 Å². The van der Waals surface area contributed by atoms with Crippen LogP contribution in [0.4, 0.5) is 0 Å². The minimum Gasteiger partial charge on any atom is -0.468 e. The van der Waals surface area contributed by atoms with Crippen LogP contribution in [0.3, 0.4) is 0 Å². The summed E-state index contributed by atoms with van der Waals surface area (Å²) in [6, 6.07) is 9.68. The van der Waals surface area contributed by atoms with Crippen molar-refractivity contribution in [3.05, 3.63) is 30.3 Å². The molecule has 1 aromatic carbocycles. The number of methoxy groups -OCH3 is 1. The summed E-state index contributed by atoms with van der Waals surface area (Å²) in [5, 5.41) is 0. The number of hydrogen-bond donors (Lipinski definition) is 1. The molecule has 0 aliphatic rings. The van der Waals surface area contributed by atoms with Gasteiger partial charge < -0.3 is 10.5 Å². The molecular weight excluding hydrogens is 210 g/mol. The number of nitrogens with two attached hydrogens (primary N) is 1. The Morgan fingerprint density at radius 3 is 2.53 bits per heavy atom. The average Bonchev–Trinajstić information content (AvgIpc) is 2.29. The van der Waals surface area contributed by atoms with E-state index in [1.807, 2.05) is 30.3 Å². The molecule has 0 spiro atoms. The highest BCUT2D eigenvalue weighted by Crippen LogP contribution is 2.32. The summed E-state index contributed by atoms with van der Waals surface area (Å²) in [6.07, 6.45) is 0. The van der Waals surface area contributed by atoms with Crippen LogP contribution in [0.1, 0.15) is 6.92 Å². The molecule has 82 valence electrons. The quantitative estimate of drug-likeness (QED) is 0.625. The molecule has 0 amide bonds. The molecule has 0 aliphatic carbocycles. The van der Waals surface area contributed by atoms with E-state index in [9.17, 15) is 4.79 Å². The predicted molar refractivity (Wildman–Crippen MR) is 61.8 cm³/mol. The van der Waals surface area contributed by atoms with Gasteiger partial charge in [-0.25, -0.2) is 0 Å². The first kappa shape index (κ1) is 12.1. The van der Waals surface area contributed by atoms with E-state index in [1.54, 1.807) is 6.92 Å². The number of benzene rings is 1. The van der Waals surface area contributed by atoms with Crippen LogP contribution in [0, 0.1) is 0 Å². The highest BCUT2D eigenvalue weighted by molar-refractivity contribution is 8.01. The maximum atomic E-state index is 11.5. The number of thioether (sulfide) groups is 1. The normalized spacial score (nSPS) is 14.3. The van der Waals surface area contributed by atoms with E-state index in [0.717, 1.165) is 4.90 Å². The number of carbonyl (C=O) groups excluding carboxylic acids is 1. The van der Waals surface area contributed by atoms with Crippen molar-refractivity contribution < 1.29 is 9.53 Å². The van der Waals surface area contributed by atoms with Gasteiger partial charge in [-0.15, -0.1) is 11.8 Å². The van der Waals surface area contributed by atoms with Gasteiger partial charge in [-0.05, 0) is 19.1 Å². The zero-order valence-electron chi connectivity index (χ0n) is 8.90. The second-order valence-electron chi connectivity index (χ2n) is 3.34. The van der Waals surface area contributed by atoms with Crippen LogP contribution in [-0.4, -0.2) is 24.4 Å². The van der Waals surface area contributed by atoms with Crippen LogP contribution in [0.15, 0.2) is 35.2 Å². The topological polar surface area (TPSA) is 52.3 Å². The van der Waals surface area contributed by atoms with E-state index in [1.165, 1.54) is 18.9 Å². The summed E-state index contributed by atoms with van der Waals surface area (Å²) in [4.78, 5) is 12.6. The maximum absolute atomic E-state index is 11.5. The van der Waals surface area contributed by atoms with Gasteiger partial charge in [0.2, 0.25) is 0 Å². The fraction of sp³-hybridized carbons (Fsp3) is 0.364. The summed E-state index contributed by atoms with van der Waals surface area (Å²) < 4.78 is 4.03. The molecule has 0 bridgehead atoms. The molecule has 0 fully saturated rings. The molecule has 1 unspecified atom stereocenters. The van der Waals surface area contributed by atoms with Crippen molar-refractivity contribution in [1.82, 2.24) is 0 Å². The molecule has 0 saturated carbocycles. The fourth-order valence-electron chi connectivity index (χ4n) is 1.13. The molecule has 0 heterocycles. The molecule has 15 heavy (non-hydrogen) atoms. The average molecular weight is 225 g/mol. The lowest BCUT2D eigenvalue weighted by Crippen LogP contribution is -2.40. The van der Waals surface area contributed by atoms with Crippen LogP contribution in [0.25, 0.3) is 0 Å². The second kappa shape index (κ2) is 5.19. The summed E-state index contributed by atoms with van der Waals surface area (Å²) in [5.41, 5.74) is 5.61. The highest BCUT2D eigenvalue weighted by atomic mass is 32.2. The Bertz CT molecular complexity index is 329. The lowest BCUT2D eigenvalue weighted by atomic mass is 10.2. The Kier molecular flexibility index (Phi) is 4.17. The van der Waals surface area contributed by atoms with Crippen LogP contribution < -0.4 is 5.73 Å². The van der Waals surface area contributed by atoms with E-state index < -0.39 is 4.75 Å². The summed E-state index contributed by atoms with van der Waals surface area (Å²) in [6.45, 7) is 2.04. The Balaban J connectivity index is 2.81. The van der Waals surface area contributed by atoms with Gasteiger partial charge in [0.15, 0.2) is 0 Å². The van der Waals surface area contributed by atoms with Gasteiger partial charge in [0.25, 0.3) is 0 Å². The molecule has 1 aromatic rings. The van der Waals surface area contributed by atoms with Crippen LogP contribution in [-0.2, 0) is 9.53 Å². The first-order valence-corrected chi connectivity index (χ1v) is 5.46. The Morgan fingerprint density at radius 1 is 1.47 bits per heavy atom. The van der Waals surface area contributed by atoms with Crippen LogP contribution in [0.2, 0.25) is 0 Å². The number of ether oxygens (including phenoxy) is 1. The monoisotopic (exact) mass is 225 g/mol. The van der Waals surface area contributed by atoms with Gasteiger partial charge in [0, 0.05) is 11.4 Å². The van der Waals surface area contributed by atoms with E-state index in [4.69, 9.17) is 10.5 Å². The molecular formula is C11H15NO2S. The fourth-order valence-corrected chi connectivity index (χ4v) is 2.19. The zero-order valence-corrected chi connectivity index (χ0v) is 9.71. The molecule has 0 saturated heterocycles. The minimum atomic E-state index is -0.712. The number of hydrogen-bond acceptors (Lipinski definition) is 4.